The maximum absolute atomic E-state index is 12.7. The molecule has 2 rings (SSSR count). The first kappa shape index (κ1) is 51.1. The summed E-state index contributed by atoms with van der Waals surface area (Å²) in [5, 5.41) is 31.4. The maximum atomic E-state index is 12.7. The van der Waals surface area contributed by atoms with Gasteiger partial charge in [0.25, 0.3) is 0 Å². The van der Waals surface area contributed by atoms with Crippen LogP contribution in [-0.2, 0) is 45.5 Å². The molecule has 0 bridgehead atoms. The normalized spacial score (nSPS) is 20.5. The molecule has 330 valence electrons. The molecule has 1 saturated carbocycles. The first-order valence-corrected chi connectivity index (χ1v) is 23.3. The number of aryl methyl sites for hydroxylation is 2. The lowest BCUT2D eigenvalue weighted by atomic mass is 9.88. The van der Waals surface area contributed by atoms with E-state index in [0.717, 1.165) is 101 Å². The molecule has 1 aliphatic carbocycles. The van der Waals surface area contributed by atoms with Gasteiger partial charge in [-0.15, -0.1) is 0 Å². The summed E-state index contributed by atoms with van der Waals surface area (Å²) in [7, 11) is -4.45. The number of phosphoric acid groups is 1. The minimum Gasteiger partial charge on any atom is -0.466 e. The van der Waals surface area contributed by atoms with Gasteiger partial charge in [-0.05, 0) is 69.4 Å². The SMILES string of the molecule is CCCCC[C@H](O)/C=C/[C@@H]1[C@@H](CCCCCCC(=O)O[C@H](COC(=O)CCCCCCCCc2oc(CCC)c(C)c2C)COP(=O)(O)OCCN)[C@@H](O)C[C@H]1O. The number of furan rings is 1. The number of rotatable bonds is 33. The highest BCUT2D eigenvalue weighted by Gasteiger charge is 2.39. The highest BCUT2D eigenvalue weighted by Crippen LogP contribution is 2.43. The Labute approximate surface area is 342 Å². The third-order valence-electron chi connectivity index (χ3n) is 10.9. The minimum absolute atomic E-state index is 0.0122. The maximum Gasteiger partial charge on any atom is 0.472 e. The summed E-state index contributed by atoms with van der Waals surface area (Å²) < 4.78 is 38.9. The molecule has 1 aliphatic rings. The Hall–Kier alpha value is -2.09. The van der Waals surface area contributed by atoms with Crippen LogP contribution in [0.3, 0.4) is 0 Å². The van der Waals surface area contributed by atoms with E-state index >= 15 is 0 Å². The highest BCUT2D eigenvalue weighted by molar-refractivity contribution is 7.47. The molecule has 7 atom stereocenters. The Kier molecular flexibility index (Phi) is 26.1. The number of aliphatic hydroxyl groups excluding tert-OH is 3. The van der Waals surface area contributed by atoms with Gasteiger partial charge in [0.05, 0.1) is 31.5 Å². The fourth-order valence-corrected chi connectivity index (χ4v) is 8.19. The van der Waals surface area contributed by atoms with Crippen LogP contribution in [0.1, 0.15) is 158 Å². The molecule has 0 aliphatic heterocycles. The fraction of sp³-hybridized carbons (Fsp3) is 0.814. The predicted octanol–water partition coefficient (Wildman–Crippen LogP) is 7.87. The average molecular weight is 830 g/mol. The summed E-state index contributed by atoms with van der Waals surface area (Å²) in [5.74, 6) is 0.902. The van der Waals surface area contributed by atoms with Gasteiger partial charge in [-0.3, -0.25) is 18.6 Å². The second kappa shape index (κ2) is 29.2. The third-order valence-corrected chi connectivity index (χ3v) is 11.9. The number of phosphoric ester groups is 1. The zero-order chi connectivity index (χ0) is 42.1. The van der Waals surface area contributed by atoms with Crippen molar-refractivity contribution < 1.29 is 57.3 Å². The van der Waals surface area contributed by atoms with Gasteiger partial charge in [0.1, 0.15) is 18.1 Å². The van der Waals surface area contributed by atoms with E-state index in [1.54, 1.807) is 6.08 Å². The number of unbranched alkanes of at least 4 members (excludes halogenated alkanes) is 10. The average Bonchev–Trinajstić information content (AvgIpc) is 3.60. The third kappa shape index (κ3) is 21.1. The fourth-order valence-electron chi connectivity index (χ4n) is 7.42. The molecule has 1 heterocycles. The lowest BCUT2D eigenvalue weighted by molar-refractivity contribution is -0.161. The van der Waals surface area contributed by atoms with Crippen LogP contribution in [0.25, 0.3) is 0 Å². The molecule has 6 N–H and O–H groups in total. The van der Waals surface area contributed by atoms with E-state index in [1.807, 2.05) is 6.08 Å². The smallest absolute Gasteiger partial charge is 0.466 e. The molecule has 14 heteroatoms. The Morgan fingerprint density at radius 3 is 2.12 bits per heavy atom. The van der Waals surface area contributed by atoms with Crippen LogP contribution in [0.2, 0.25) is 0 Å². The quantitative estimate of drug-likeness (QED) is 0.0198. The molecule has 1 fully saturated rings. The number of carbonyl (C=O) groups excluding carboxylic acids is 2. The van der Waals surface area contributed by atoms with Crippen LogP contribution in [0.5, 0.6) is 0 Å². The zero-order valence-corrected chi connectivity index (χ0v) is 36.3. The molecule has 0 spiro atoms. The molecule has 13 nitrogen and oxygen atoms in total. The van der Waals surface area contributed by atoms with Gasteiger partial charge in [-0.25, -0.2) is 4.57 Å². The van der Waals surface area contributed by atoms with E-state index in [-0.39, 0.29) is 44.4 Å². The number of esters is 2. The summed E-state index contributed by atoms with van der Waals surface area (Å²) in [6.45, 7) is 7.52. The van der Waals surface area contributed by atoms with Gasteiger partial charge >= 0.3 is 19.8 Å². The summed E-state index contributed by atoms with van der Waals surface area (Å²) in [5.41, 5.74) is 7.89. The van der Waals surface area contributed by atoms with E-state index in [4.69, 9.17) is 28.7 Å². The van der Waals surface area contributed by atoms with Crippen LogP contribution in [-0.4, -0.2) is 82.9 Å². The summed E-state index contributed by atoms with van der Waals surface area (Å²) >= 11 is 0. The van der Waals surface area contributed by atoms with Crippen molar-refractivity contribution in [3.8, 4) is 0 Å². The number of carbonyl (C=O) groups is 2. The molecular weight excluding hydrogens is 753 g/mol. The van der Waals surface area contributed by atoms with E-state index < -0.39 is 50.8 Å². The Morgan fingerprint density at radius 2 is 1.46 bits per heavy atom. The number of ether oxygens (including phenoxy) is 2. The molecular formula is C43H76NO12P. The lowest BCUT2D eigenvalue weighted by Gasteiger charge is -2.21. The lowest BCUT2D eigenvalue weighted by Crippen LogP contribution is -2.29. The first-order valence-electron chi connectivity index (χ1n) is 21.8. The molecule has 0 saturated heterocycles. The molecule has 0 radical (unpaired) electrons. The topological polar surface area (TPSA) is 208 Å². The standard InChI is InChI=1S/C43H76NO12P/c1-5-7-14-20-34(45)25-26-37-36(38(46)29-39(37)47)21-15-12-13-18-24-43(49)55-35(31-54-57(50,51)53-28-27-44)30-52-42(48)23-17-11-9-8-10-16-22-41-33(4)32(3)40(56-41)19-6-2/h25-26,34-39,45-47H,5-24,27-31,44H2,1-4H3,(H,50,51)/b26-25+/t34-,35+,36+,37+,38-,39+/m0/s1. The van der Waals surface area contributed by atoms with Crippen molar-refractivity contribution >= 4 is 19.8 Å². The largest absolute Gasteiger partial charge is 0.472 e. The molecule has 0 amide bonds. The van der Waals surface area contributed by atoms with Gasteiger partial charge in [0, 0.05) is 44.6 Å². The second-order valence-electron chi connectivity index (χ2n) is 15.8. The molecule has 1 aromatic rings. The van der Waals surface area contributed by atoms with Crippen molar-refractivity contribution in [2.45, 2.75) is 187 Å². The molecule has 1 unspecified atom stereocenters. The Morgan fingerprint density at radius 1 is 0.825 bits per heavy atom. The monoisotopic (exact) mass is 830 g/mol. The number of aliphatic hydroxyl groups is 3. The van der Waals surface area contributed by atoms with Gasteiger partial charge in [-0.1, -0.05) is 90.2 Å². The van der Waals surface area contributed by atoms with Gasteiger partial charge in [0.15, 0.2) is 6.10 Å². The molecule has 0 aromatic carbocycles. The van der Waals surface area contributed by atoms with Crippen molar-refractivity contribution in [3.05, 3.63) is 34.8 Å². The van der Waals surface area contributed by atoms with Crippen molar-refractivity contribution in [1.82, 2.24) is 0 Å². The predicted molar refractivity (Wildman–Crippen MR) is 220 cm³/mol. The zero-order valence-electron chi connectivity index (χ0n) is 35.4. The summed E-state index contributed by atoms with van der Waals surface area (Å²) in [4.78, 5) is 35.2. The number of hydrogen-bond acceptors (Lipinski definition) is 12. The van der Waals surface area contributed by atoms with E-state index in [2.05, 4.69) is 27.7 Å². The minimum atomic E-state index is -4.45. The van der Waals surface area contributed by atoms with E-state index in [0.29, 0.717) is 32.1 Å². The van der Waals surface area contributed by atoms with E-state index in [9.17, 15) is 34.4 Å². The van der Waals surface area contributed by atoms with Crippen LogP contribution in [0.4, 0.5) is 0 Å². The first-order chi connectivity index (χ1) is 27.3. The van der Waals surface area contributed by atoms with Gasteiger partial charge in [-0.2, -0.15) is 0 Å². The Balaban J connectivity index is 1.70. The van der Waals surface area contributed by atoms with Crippen molar-refractivity contribution in [1.29, 1.82) is 0 Å². The van der Waals surface area contributed by atoms with Gasteiger partial charge in [0.2, 0.25) is 0 Å². The number of hydrogen-bond donors (Lipinski definition) is 5. The molecule has 1 aromatic heterocycles. The second-order valence-corrected chi connectivity index (χ2v) is 17.2. The van der Waals surface area contributed by atoms with Crippen molar-refractivity contribution in [2.75, 3.05) is 26.4 Å². The van der Waals surface area contributed by atoms with E-state index in [1.165, 1.54) is 11.1 Å². The summed E-state index contributed by atoms with van der Waals surface area (Å²) in [6.07, 6.45) is 17.4. The molecule has 57 heavy (non-hydrogen) atoms. The summed E-state index contributed by atoms with van der Waals surface area (Å²) in [6, 6.07) is 0. The highest BCUT2D eigenvalue weighted by atomic mass is 31.2. The number of nitrogens with two attached hydrogens (primary N) is 1. The van der Waals surface area contributed by atoms with Crippen LogP contribution in [0.15, 0.2) is 16.6 Å². The van der Waals surface area contributed by atoms with Gasteiger partial charge < -0.3 is 39.8 Å². The van der Waals surface area contributed by atoms with Crippen LogP contribution in [0, 0.1) is 25.7 Å². The Bertz CT molecular complexity index is 1340. The van der Waals surface area contributed by atoms with Crippen molar-refractivity contribution in [3.63, 3.8) is 0 Å². The van der Waals surface area contributed by atoms with Crippen molar-refractivity contribution in [2.24, 2.45) is 17.6 Å². The van der Waals surface area contributed by atoms with Crippen LogP contribution < -0.4 is 5.73 Å². The van der Waals surface area contributed by atoms with Crippen LogP contribution >= 0.6 is 7.82 Å².